The van der Waals surface area contributed by atoms with E-state index in [0.717, 1.165) is 0 Å². The number of carbonyl (C=O) groups is 1. The van der Waals surface area contributed by atoms with E-state index in [1.54, 1.807) is 6.07 Å². The van der Waals surface area contributed by atoms with Crippen molar-refractivity contribution in [1.82, 2.24) is 0 Å². The quantitative estimate of drug-likeness (QED) is 0.635. The monoisotopic (exact) mass is 245 g/mol. The van der Waals surface area contributed by atoms with E-state index in [1.807, 2.05) is 20.8 Å². The van der Waals surface area contributed by atoms with Gasteiger partial charge in [-0.25, -0.2) is 0 Å². The highest BCUT2D eigenvalue weighted by Crippen LogP contribution is 2.28. The summed E-state index contributed by atoms with van der Waals surface area (Å²) in [4.78, 5) is 10.7. The van der Waals surface area contributed by atoms with Crippen molar-refractivity contribution in [2.24, 2.45) is 0 Å². The first kappa shape index (κ1) is 13.5. The van der Waals surface area contributed by atoms with Gasteiger partial charge in [0, 0.05) is 11.3 Å². The second kappa shape index (κ2) is 4.39. The van der Waals surface area contributed by atoms with Crippen molar-refractivity contribution >= 4 is 12.0 Å². The summed E-state index contributed by atoms with van der Waals surface area (Å²) < 4.78 is 36.6. The minimum Gasteiger partial charge on any atom is -0.298 e. The summed E-state index contributed by atoms with van der Waals surface area (Å²) >= 11 is 0. The van der Waals surface area contributed by atoms with Crippen LogP contribution in [0.3, 0.4) is 0 Å². The summed E-state index contributed by atoms with van der Waals surface area (Å²) in [5, 5.41) is 1.41. The highest BCUT2D eigenvalue weighted by Gasteiger charge is 2.27. The lowest BCUT2D eigenvalue weighted by Gasteiger charge is -2.21. The Morgan fingerprint density at radius 3 is 2.12 bits per heavy atom. The minimum atomic E-state index is -4.50. The molecule has 1 rings (SSSR count). The number of alkyl halides is 3. The average molecular weight is 245 g/mol. The predicted octanol–water partition coefficient (Wildman–Crippen LogP) is 3.73. The van der Waals surface area contributed by atoms with Crippen molar-refractivity contribution < 1.29 is 18.0 Å². The van der Waals surface area contributed by atoms with Crippen LogP contribution < -0.4 is 5.32 Å². The van der Waals surface area contributed by atoms with E-state index in [9.17, 15) is 18.0 Å². The van der Waals surface area contributed by atoms with Gasteiger partial charge in [0.25, 0.3) is 0 Å². The first-order valence-corrected chi connectivity index (χ1v) is 5.07. The van der Waals surface area contributed by atoms with E-state index < -0.39 is 6.30 Å². The van der Waals surface area contributed by atoms with Gasteiger partial charge in [-0.1, -0.05) is 20.8 Å². The number of hydrogen-bond acceptors (Lipinski definition) is 2. The summed E-state index contributed by atoms with van der Waals surface area (Å²) in [5.41, 5.74) is 0.464. The van der Waals surface area contributed by atoms with Crippen molar-refractivity contribution in [3.8, 4) is 0 Å². The first-order chi connectivity index (χ1) is 7.62. The maximum Gasteiger partial charge on any atom is 0.482 e. The topological polar surface area (TPSA) is 29.1 Å². The van der Waals surface area contributed by atoms with Crippen molar-refractivity contribution in [3.63, 3.8) is 0 Å². The Hall–Kier alpha value is -1.52. The zero-order valence-corrected chi connectivity index (χ0v) is 9.85. The van der Waals surface area contributed by atoms with Crippen LogP contribution in [-0.4, -0.2) is 12.6 Å². The number of nitrogens with one attached hydrogen (secondary N) is 1. The number of hydrogen-bond donors (Lipinski definition) is 1. The Morgan fingerprint density at radius 1 is 1.12 bits per heavy atom. The lowest BCUT2D eigenvalue weighted by molar-refractivity contribution is -0.0999. The predicted molar refractivity (Wildman–Crippen MR) is 60.2 cm³/mol. The lowest BCUT2D eigenvalue weighted by Crippen LogP contribution is -2.21. The van der Waals surface area contributed by atoms with Gasteiger partial charge in [-0.05, 0) is 29.2 Å². The van der Waals surface area contributed by atoms with Crippen LogP contribution in [-0.2, 0) is 5.41 Å². The van der Waals surface area contributed by atoms with Gasteiger partial charge < -0.3 is 0 Å². The lowest BCUT2D eigenvalue weighted by atomic mass is 9.86. The maximum atomic E-state index is 12.2. The molecule has 5 heteroatoms. The Balaban J connectivity index is 3.19. The highest BCUT2D eigenvalue weighted by molar-refractivity contribution is 5.78. The summed E-state index contributed by atoms with van der Waals surface area (Å²) in [6.07, 6.45) is -3.96. The number of carbonyl (C=O) groups excluding carboxylic acids is 1. The standard InChI is InChI=1S/C12H14F3NO/c1-11(2,3)9-4-8(7-17)5-10(6-9)16-12(13,14)15/h4-7,16H,1-3H3. The van der Waals surface area contributed by atoms with E-state index in [4.69, 9.17) is 0 Å². The molecule has 0 fully saturated rings. The van der Waals surface area contributed by atoms with Crippen LogP contribution in [0.4, 0.5) is 18.9 Å². The number of anilines is 1. The van der Waals surface area contributed by atoms with Gasteiger partial charge in [0.05, 0.1) is 0 Å². The molecule has 0 aliphatic rings. The number of halogens is 3. The van der Waals surface area contributed by atoms with Crippen molar-refractivity contribution in [1.29, 1.82) is 0 Å². The third-order valence-electron chi connectivity index (χ3n) is 2.24. The van der Waals surface area contributed by atoms with E-state index >= 15 is 0 Å². The number of benzene rings is 1. The van der Waals surface area contributed by atoms with Gasteiger partial charge in [0.2, 0.25) is 0 Å². The fourth-order valence-corrected chi connectivity index (χ4v) is 1.39. The van der Waals surface area contributed by atoms with Crippen LogP contribution >= 0.6 is 0 Å². The molecular formula is C12H14F3NO. The molecule has 0 radical (unpaired) electrons. The molecule has 17 heavy (non-hydrogen) atoms. The molecule has 0 atom stereocenters. The van der Waals surface area contributed by atoms with Gasteiger partial charge in [-0.2, -0.15) is 13.2 Å². The van der Waals surface area contributed by atoms with Crippen molar-refractivity contribution in [2.75, 3.05) is 5.32 Å². The largest absolute Gasteiger partial charge is 0.482 e. The van der Waals surface area contributed by atoms with Crippen molar-refractivity contribution in [3.05, 3.63) is 29.3 Å². The zero-order chi connectivity index (χ0) is 13.3. The molecule has 0 aliphatic heterocycles. The van der Waals surface area contributed by atoms with Crippen LogP contribution in [0.25, 0.3) is 0 Å². The normalized spacial score (nSPS) is 12.4. The minimum absolute atomic E-state index is 0.118. The smallest absolute Gasteiger partial charge is 0.298 e. The number of aldehydes is 1. The first-order valence-electron chi connectivity index (χ1n) is 5.07. The Bertz CT molecular complexity index is 419. The fourth-order valence-electron chi connectivity index (χ4n) is 1.39. The van der Waals surface area contributed by atoms with Crippen LogP contribution in [0.2, 0.25) is 0 Å². The third kappa shape index (κ3) is 4.09. The fraction of sp³-hybridized carbons (Fsp3) is 0.417. The summed E-state index contributed by atoms with van der Waals surface area (Å²) in [6, 6.07) is 4.17. The summed E-state index contributed by atoms with van der Waals surface area (Å²) in [6.45, 7) is 5.61. The molecule has 0 amide bonds. The molecule has 0 saturated heterocycles. The molecule has 0 unspecified atom stereocenters. The molecule has 1 aromatic carbocycles. The average Bonchev–Trinajstić information content (AvgIpc) is 2.13. The van der Waals surface area contributed by atoms with Crippen LogP contribution in [0, 0.1) is 0 Å². The molecule has 0 bridgehead atoms. The molecule has 0 spiro atoms. The van der Waals surface area contributed by atoms with Gasteiger partial charge in [-0.15, -0.1) is 0 Å². The Kier molecular flexibility index (Phi) is 3.50. The van der Waals surface area contributed by atoms with Gasteiger partial charge >= 0.3 is 6.30 Å². The highest BCUT2D eigenvalue weighted by atomic mass is 19.4. The summed E-state index contributed by atoms with van der Waals surface area (Å²) in [5.74, 6) is 0. The van der Waals surface area contributed by atoms with Crippen LogP contribution in [0.15, 0.2) is 18.2 Å². The molecule has 2 nitrogen and oxygen atoms in total. The zero-order valence-electron chi connectivity index (χ0n) is 9.85. The van der Waals surface area contributed by atoms with Gasteiger partial charge in [0.1, 0.15) is 6.29 Å². The maximum absolute atomic E-state index is 12.2. The SMILES string of the molecule is CC(C)(C)c1cc(C=O)cc(NC(F)(F)F)c1. The van der Waals surface area contributed by atoms with E-state index in [2.05, 4.69) is 0 Å². The molecule has 0 aromatic heterocycles. The molecule has 94 valence electrons. The van der Waals surface area contributed by atoms with Gasteiger partial charge in [-0.3, -0.25) is 10.1 Å². The van der Waals surface area contributed by atoms with Crippen LogP contribution in [0.1, 0.15) is 36.7 Å². The molecule has 0 aliphatic carbocycles. The van der Waals surface area contributed by atoms with E-state index in [1.165, 1.54) is 17.4 Å². The van der Waals surface area contributed by atoms with Crippen LogP contribution in [0.5, 0.6) is 0 Å². The number of rotatable bonds is 2. The Morgan fingerprint density at radius 2 is 1.71 bits per heavy atom. The van der Waals surface area contributed by atoms with Crippen molar-refractivity contribution in [2.45, 2.75) is 32.5 Å². The third-order valence-corrected chi connectivity index (χ3v) is 2.24. The molecule has 1 aromatic rings. The van der Waals surface area contributed by atoms with E-state index in [-0.39, 0.29) is 16.7 Å². The molecule has 0 saturated carbocycles. The molecule has 0 heterocycles. The molecular weight excluding hydrogens is 231 g/mol. The Labute approximate surface area is 97.8 Å². The van der Waals surface area contributed by atoms with Gasteiger partial charge in [0.15, 0.2) is 0 Å². The van der Waals surface area contributed by atoms with E-state index in [0.29, 0.717) is 11.8 Å². The second-order valence-corrected chi connectivity index (χ2v) is 4.83. The second-order valence-electron chi connectivity index (χ2n) is 4.83. The summed E-state index contributed by atoms with van der Waals surface area (Å²) in [7, 11) is 0. The molecule has 1 N–H and O–H groups in total.